The molecule has 116 valence electrons. The van der Waals surface area contributed by atoms with Gasteiger partial charge in [-0.25, -0.2) is 4.68 Å². The number of nitrogens with zero attached hydrogens (tertiary/aromatic N) is 2. The fourth-order valence-electron chi connectivity index (χ4n) is 2.25. The van der Waals surface area contributed by atoms with Gasteiger partial charge in [-0.2, -0.15) is 5.10 Å². The number of hydrogen-bond acceptors (Lipinski definition) is 3. The van der Waals surface area contributed by atoms with Gasteiger partial charge in [-0.3, -0.25) is 9.59 Å². The summed E-state index contributed by atoms with van der Waals surface area (Å²) in [5.41, 5.74) is 4.09. The number of carboxylic acid groups (broad SMARTS) is 1. The Morgan fingerprint density at radius 3 is 2.27 bits per heavy atom. The Hall–Kier alpha value is -2.63. The molecular formula is C16H19N3O3. The van der Waals surface area contributed by atoms with Gasteiger partial charge in [-0.15, -0.1) is 0 Å². The molecule has 1 atom stereocenters. The van der Waals surface area contributed by atoms with Crippen molar-refractivity contribution in [3.63, 3.8) is 0 Å². The molecule has 0 aliphatic rings. The number of carbonyl (C=O) groups is 2. The van der Waals surface area contributed by atoms with Crippen molar-refractivity contribution in [2.24, 2.45) is 0 Å². The summed E-state index contributed by atoms with van der Waals surface area (Å²) in [6.45, 7) is 7.26. The van der Waals surface area contributed by atoms with E-state index in [0.717, 1.165) is 22.5 Å². The standard InChI is InChI=1S/C16H19N3O3/c1-9-5-10(2)7-13(6-9)19-11(3)8-14(18-19)15(20)17-12(4)16(21)22/h5-8,12H,1-4H3,(H,17,20)(H,21,22)/t12-/m0/s1. The summed E-state index contributed by atoms with van der Waals surface area (Å²) in [7, 11) is 0. The minimum atomic E-state index is -1.08. The SMILES string of the molecule is Cc1cc(C)cc(-n2nc(C(=O)N[C@@H](C)C(=O)O)cc2C)c1. The minimum absolute atomic E-state index is 0.199. The average molecular weight is 301 g/mol. The van der Waals surface area contributed by atoms with Crippen molar-refractivity contribution in [3.8, 4) is 5.69 Å². The van der Waals surface area contributed by atoms with Gasteiger partial charge in [0.05, 0.1) is 5.69 Å². The lowest BCUT2D eigenvalue weighted by Crippen LogP contribution is -2.38. The number of nitrogens with one attached hydrogen (secondary N) is 1. The van der Waals surface area contributed by atoms with Crippen LogP contribution in [-0.2, 0) is 4.79 Å². The third-order valence-electron chi connectivity index (χ3n) is 3.29. The maximum atomic E-state index is 12.0. The molecule has 0 bridgehead atoms. The van der Waals surface area contributed by atoms with E-state index in [0.29, 0.717) is 0 Å². The predicted molar refractivity (Wildman–Crippen MR) is 82.3 cm³/mol. The number of benzene rings is 1. The van der Waals surface area contributed by atoms with Crippen LogP contribution in [0, 0.1) is 20.8 Å². The van der Waals surface area contributed by atoms with Gasteiger partial charge in [0.2, 0.25) is 0 Å². The molecule has 0 spiro atoms. The average Bonchev–Trinajstić information content (AvgIpc) is 2.79. The zero-order valence-electron chi connectivity index (χ0n) is 13.0. The Morgan fingerprint density at radius 2 is 1.73 bits per heavy atom. The topological polar surface area (TPSA) is 84.2 Å². The van der Waals surface area contributed by atoms with Crippen LogP contribution in [0.5, 0.6) is 0 Å². The van der Waals surface area contributed by atoms with E-state index in [2.05, 4.69) is 16.5 Å². The molecule has 2 aromatic rings. The highest BCUT2D eigenvalue weighted by atomic mass is 16.4. The summed E-state index contributed by atoms with van der Waals surface area (Å²) in [5.74, 6) is -1.58. The molecule has 6 heteroatoms. The van der Waals surface area contributed by atoms with Crippen LogP contribution in [0.3, 0.4) is 0 Å². The number of hydrogen-bond donors (Lipinski definition) is 2. The Bertz CT molecular complexity index is 714. The highest BCUT2D eigenvalue weighted by Gasteiger charge is 2.18. The number of amides is 1. The third kappa shape index (κ3) is 3.33. The number of aryl methyl sites for hydroxylation is 3. The lowest BCUT2D eigenvalue weighted by molar-refractivity contribution is -0.138. The first-order valence-corrected chi connectivity index (χ1v) is 6.97. The normalized spacial score (nSPS) is 12.0. The molecule has 0 saturated carbocycles. The number of rotatable bonds is 4. The second-order valence-electron chi connectivity index (χ2n) is 5.46. The highest BCUT2D eigenvalue weighted by molar-refractivity contribution is 5.95. The monoisotopic (exact) mass is 301 g/mol. The second-order valence-corrected chi connectivity index (χ2v) is 5.46. The summed E-state index contributed by atoms with van der Waals surface area (Å²) in [5, 5.41) is 15.5. The zero-order chi connectivity index (χ0) is 16.4. The van der Waals surface area contributed by atoms with Gasteiger partial charge in [0, 0.05) is 5.69 Å². The molecule has 2 N–H and O–H groups in total. The summed E-state index contributed by atoms with van der Waals surface area (Å²) in [6, 6.07) is 6.70. The number of carboxylic acids is 1. The van der Waals surface area contributed by atoms with Gasteiger partial charge in [-0.1, -0.05) is 6.07 Å². The van der Waals surface area contributed by atoms with Crippen molar-refractivity contribution in [3.05, 3.63) is 46.8 Å². The van der Waals surface area contributed by atoms with Crippen molar-refractivity contribution in [1.29, 1.82) is 0 Å². The number of aromatic nitrogens is 2. The summed E-state index contributed by atoms with van der Waals surface area (Å²) >= 11 is 0. The van der Waals surface area contributed by atoms with Crippen LogP contribution in [0.2, 0.25) is 0 Å². The Labute approximate surface area is 128 Å². The van der Waals surface area contributed by atoms with Crippen molar-refractivity contribution in [2.45, 2.75) is 33.7 Å². The first-order chi connectivity index (χ1) is 10.3. The lowest BCUT2D eigenvalue weighted by Gasteiger charge is -2.08. The lowest BCUT2D eigenvalue weighted by atomic mass is 10.1. The van der Waals surface area contributed by atoms with Crippen LogP contribution < -0.4 is 5.32 Å². The quantitative estimate of drug-likeness (QED) is 0.904. The van der Waals surface area contributed by atoms with Gasteiger partial charge in [0.15, 0.2) is 5.69 Å². The number of carbonyl (C=O) groups excluding carboxylic acids is 1. The van der Waals surface area contributed by atoms with E-state index in [1.807, 2.05) is 32.9 Å². The van der Waals surface area contributed by atoms with E-state index < -0.39 is 17.9 Å². The third-order valence-corrected chi connectivity index (χ3v) is 3.29. The molecule has 0 aliphatic heterocycles. The maximum absolute atomic E-state index is 12.0. The first kappa shape index (κ1) is 15.8. The molecule has 2 rings (SSSR count). The van der Waals surface area contributed by atoms with Gasteiger partial charge in [0.25, 0.3) is 5.91 Å². The molecular weight excluding hydrogens is 282 g/mol. The van der Waals surface area contributed by atoms with Crippen molar-refractivity contribution in [2.75, 3.05) is 0 Å². The molecule has 0 aliphatic carbocycles. The number of aliphatic carboxylic acids is 1. The fraction of sp³-hybridized carbons (Fsp3) is 0.312. The highest BCUT2D eigenvalue weighted by Crippen LogP contribution is 2.16. The van der Waals surface area contributed by atoms with E-state index in [9.17, 15) is 9.59 Å². The van der Waals surface area contributed by atoms with Crippen LogP contribution in [0.4, 0.5) is 0 Å². The molecule has 0 fully saturated rings. The van der Waals surface area contributed by atoms with E-state index in [1.54, 1.807) is 10.7 Å². The van der Waals surface area contributed by atoms with Gasteiger partial charge >= 0.3 is 5.97 Å². The van der Waals surface area contributed by atoms with Gasteiger partial charge in [-0.05, 0) is 57.0 Å². The molecule has 22 heavy (non-hydrogen) atoms. The molecule has 1 aromatic heterocycles. The largest absolute Gasteiger partial charge is 0.480 e. The predicted octanol–water partition coefficient (Wildman–Crippen LogP) is 2.00. The minimum Gasteiger partial charge on any atom is -0.480 e. The van der Waals surface area contributed by atoms with Gasteiger partial charge in [0.1, 0.15) is 6.04 Å². The molecule has 1 amide bonds. The van der Waals surface area contributed by atoms with E-state index >= 15 is 0 Å². The smallest absolute Gasteiger partial charge is 0.325 e. The summed E-state index contributed by atoms with van der Waals surface area (Å²) in [4.78, 5) is 22.8. The Morgan fingerprint density at radius 1 is 1.14 bits per heavy atom. The molecule has 1 aromatic carbocycles. The van der Waals surface area contributed by atoms with Crippen LogP contribution in [-0.4, -0.2) is 32.8 Å². The Kier molecular flexibility index (Phi) is 4.30. The fourth-order valence-corrected chi connectivity index (χ4v) is 2.25. The van der Waals surface area contributed by atoms with Crippen LogP contribution >= 0.6 is 0 Å². The Balaban J connectivity index is 2.32. The van der Waals surface area contributed by atoms with Gasteiger partial charge < -0.3 is 10.4 Å². The molecule has 1 heterocycles. The van der Waals surface area contributed by atoms with E-state index in [-0.39, 0.29) is 5.69 Å². The zero-order valence-corrected chi connectivity index (χ0v) is 13.0. The van der Waals surface area contributed by atoms with Crippen molar-refractivity contribution < 1.29 is 14.7 Å². The molecule has 0 saturated heterocycles. The van der Waals surface area contributed by atoms with Crippen LogP contribution in [0.15, 0.2) is 24.3 Å². The van der Waals surface area contributed by atoms with E-state index in [4.69, 9.17) is 5.11 Å². The van der Waals surface area contributed by atoms with Crippen LogP contribution in [0.1, 0.15) is 34.2 Å². The summed E-state index contributed by atoms with van der Waals surface area (Å²) in [6.07, 6.45) is 0. The van der Waals surface area contributed by atoms with Crippen molar-refractivity contribution in [1.82, 2.24) is 15.1 Å². The first-order valence-electron chi connectivity index (χ1n) is 6.97. The van der Waals surface area contributed by atoms with Crippen LogP contribution in [0.25, 0.3) is 5.69 Å². The molecule has 0 radical (unpaired) electrons. The maximum Gasteiger partial charge on any atom is 0.325 e. The summed E-state index contributed by atoms with van der Waals surface area (Å²) < 4.78 is 1.68. The second kappa shape index (κ2) is 6.01. The van der Waals surface area contributed by atoms with Crippen molar-refractivity contribution >= 4 is 11.9 Å². The van der Waals surface area contributed by atoms with E-state index in [1.165, 1.54) is 6.92 Å². The molecule has 0 unspecified atom stereocenters. The molecule has 6 nitrogen and oxygen atoms in total.